The maximum atomic E-state index is 11.6. The average Bonchev–Trinajstić information content (AvgIpc) is 2.91. The van der Waals surface area contributed by atoms with Crippen LogP contribution in [0.3, 0.4) is 0 Å². The minimum atomic E-state index is -2.76. The van der Waals surface area contributed by atoms with Gasteiger partial charge in [-0.05, 0) is 55.7 Å². The predicted octanol–water partition coefficient (Wildman–Crippen LogP) is 2.92. The van der Waals surface area contributed by atoms with Crippen LogP contribution >= 0.6 is 11.3 Å². The van der Waals surface area contributed by atoms with Gasteiger partial charge < -0.3 is 5.32 Å². The lowest BCUT2D eigenvalue weighted by Crippen LogP contribution is -2.24. The van der Waals surface area contributed by atoms with Gasteiger partial charge in [0.2, 0.25) is 0 Å². The molecule has 1 fully saturated rings. The van der Waals surface area contributed by atoms with Gasteiger partial charge in [-0.25, -0.2) is 8.42 Å². The van der Waals surface area contributed by atoms with Crippen LogP contribution in [0.4, 0.5) is 0 Å². The number of nitrogens with one attached hydrogen (secondary N) is 1. The molecule has 0 spiro atoms. The molecule has 0 radical (unpaired) electrons. The van der Waals surface area contributed by atoms with Gasteiger partial charge in [0, 0.05) is 10.9 Å². The Kier molecular flexibility index (Phi) is 5.03. The first-order chi connectivity index (χ1) is 9.00. The average molecular weight is 301 g/mol. The van der Waals surface area contributed by atoms with E-state index in [-0.39, 0.29) is 0 Å². The van der Waals surface area contributed by atoms with Crippen LogP contribution in [-0.4, -0.2) is 26.5 Å². The van der Waals surface area contributed by atoms with Crippen LogP contribution in [0.25, 0.3) is 0 Å². The highest BCUT2D eigenvalue weighted by Gasteiger charge is 2.30. The molecular formula is C14H23NO2S2. The first kappa shape index (κ1) is 15.0. The molecular weight excluding hydrogens is 278 g/mol. The maximum absolute atomic E-state index is 11.6. The zero-order valence-electron chi connectivity index (χ0n) is 11.7. The number of thiophene rings is 1. The fraction of sp³-hybridized carbons (Fsp3) is 0.714. The smallest absolute Gasteiger partial charge is 0.150 e. The molecule has 1 aliphatic rings. The van der Waals surface area contributed by atoms with Gasteiger partial charge in [0.25, 0.3) is 0 Å². The summed E-state index contributed by atoms with van der Waals surface area (Å²) in [5, 5.41) is 5.77. The summed E-state index contributed by atoms with van der Waals surface area (Å²) in [6.07, 6.45) is 2.87. The van der Waals surface area contributed by atoms with Crippen LogP contribution in [0.2, 0.25) is 0 Å². The molecule has 0 bridgehead atoms. The van der Waals surface area contributed by atoms with Gasteiger partial charge >= 0.3 is 0 Å². The number of rotatable bonds is 6. The summed E-state index contributed by atoms with van der Waals surface area (Å²) in [4.78, 5) is 1.32. The van der Waals surface area contributed by atoms with E-state index in [0.29, 0.717) is 23.5 Å². The van der Waals surface area contributed by atoms with Crippen molar-refractivity contribution >= 4 is 21.2 Å². The van der Waals surface area contributed by atoms with Crippen molar-refractivity contribution in [3.8, 4) is 0 Å². The minimum absolute atomic E-state index is 0.309. The lowest BCUT2D eigenvalue weighted by molar-refractivity contribution is 0.415. The summed E-state index contributed by atoms with van der Waals surface area (Å²) in [7, 11) is -2.76. The number of hydrogen-bond acceptors (Lipinski definition) is 4. The fourth-order valence-corrected chi connectivity index (χ4v) is 5.33. The van der Waals surface area contributed by atoms with Crippen molar-refractivity contribution in [2.24, 2.45) is 5.92 Å². The van der Waals surface area contributed by atoms with Crippen molar-refractivity contribution in [1.29, 1.82) is 0 Å². The fourth-order valence-electron chi connectivity index (χ4n) is 2.69. The Morgan fingerprint density at radius 3 is 2.84 bits per heavy atom. The van der Waals surface area contributed by atoms with Crippen LogP contribution in [0, 0.1) is 12.8 Å². The Morgan fingerprint density at radius 2 is 2.32 bits per heavy atom. The van der Waals surface area contributed by atoms with Crippen molar-refractivity contribution < 1.29 is 8.42 Å². The summed E-state index contributed by atoms with van der Waals surface area (Å²) < 4.78 is 23.1. The Morgan fingerprint density at radius 1 is 1.53 bits per heavy atom. The number of sulfone groups is 1. The van der Waals surface area contributed by atoms with Gasteiger partial charge in [0.15, 0.2) is 9.84 Å². The van der Waals surface area contributed by atoms with Gasteiger partial charge in [0.05, 0.1) is 11.5 Å². The molecule has 19 heavy (non-hydrogen) atoms. The summed E-state index contributed by atoms with van der Waals surface area (Å²) in [6.45, 7) is 5.26. The molecule has 1 N–H and O–H groups in total. The van der Waals surface area contributed by atoms with Gasteiger partial charge in [-0.2, -0.15) is 0 Å². The third-order valence-electron chi connectivity index (χ3n) is 3.69. The Balaban J connectivity index is 2.02. The first-order valence-electron chi connectivity index (χ1n) is 6.99. The third kappa shape index (κ3) is 4.29. The molecule has 5 heteroatoms. The van der Waals surface area contributed by atoms with Crippen LogP contribution in [0.1, 0.15) is 42.7 Å². The summed E-state index contributed by atoms with van der Waals surface area (Å²) in [5.41, 5.74) is 1.32. The van der Waals surface area contributed by atoms with Crippen LogP contribution in [0.5, 0.6) is 0 Å². The highest BCUT2D eigenvalue weighted by atomic mass is 32.2. The monoisotopic (exact) mass is 301 g/mol. The maximum Gasteiger partial charge on any atom is 0.150 e. The second-order valence-electron chi connectivity index (χ2n) is 5.50. The van der Waals surface area contributed by atoms with E-state index in [1.807, 2.05) is 0 Å². The standard InChI is InChI=1S/C14H23NO2S2/c1-3-5-15-14(13-7-11(2)18-9-13)8-12-4-6-19(16,17)10-12/h7,9,12,14-15H,3-6,8,10H2,1-2H3. The van der Waals surface area contributed by atoms with Crippen LogP contribution in [-0.2, 0) is 9.84 Å². The largest absolute Gasteiger partial charge is 0.310 e. The molecule has 2 heterocycles. The molecule has 2 rings (SSSR count). The van der Waals surface area contributed by atoms with Gasteiger partial charge in [-0.1, -0.05) is 6.92 Å². The SMILES string of the molecule is CCCNC(CC1CCS(=O)(=O)C1)c1csc(C)c1. The van der Waals surface area contributed by atoms with Gasteiger partial charge in [-0.3, -0.25) is 0 Å². The molecule has 3 nitrogen and oxygen atoms in total. The van der Waals surface area contributed by atoms with E-state index in [9.17, 15) is 8.42 Å². The molecule has 108 valence electrons. The summed E-state index contributed by atoms with van der Waals surface area (Å²) in [6, 6.07) is 2.53. The van der Waals surface area contributed by atoms with E-state index in [1.165, 1.54) is 10.4 Å². The van der Waals surface area contributed by atoms with E-state index in [1.54, 1.807) is 11.3 Å². The highest BCUT2D eigenvalue weighted by Crippen LogP contribution is 2.30. The van der Waals surface area contributed by atoms with Crippen molar-refractivity contribution in [3.05, 3.63) is 21.9 Å². The van der Waals surface area contributed by atoms with Crippen molar-refractivity contribution in [3.63, 3.8) is 0 Å². The van der Waals surface area contributed by atoms with E-state index in [2.05, 4.69) is 30.6 Å². The molecule has 0 saturated carbocycles. The topological polar surface area (TPSA) is 46.2 Å². The lowest BCUT2D eigenvalue weighted by Gasteiger charge is -2.20. The van der Waals surface area contributed by atoms with E-state index in [4.69, 9.17) is 0 Å². The number of aryl methyl sites for hydroxylation is 1. The highest BCUT2D eigenvalue weighted by molar-refractivity contribution is 7.91. The molecule has 2 atom stereocenters. The van der Waals surface area contributed by atoms with E-state index in [0.717, 1.165) is 25.8 Å². The summed E-state index contributed by atoms with van der Waals surface area (Å²) in [5.74, 6) is 1.07. The Hall–Kier alpha value is -0.390. The van der Waals surface area contributed by atoms with Gasteiger partial charge in [-0.15, -0.1) is 11.3 Å². The molecule has 1 aromatic rings. The zero-order valence-corrected chi connectivity index (χ0v) is 13.3. The second kappa shape index (κ2) is 6.37. The molecule has 0 aliphatic carbocycles. The molecule has 0 amide bonds. The van der Waals surface area contributed by atoms with E-state index >= 15 is 0 Å². The Bertz CT molecular complexity index is 507. The zero-order chi connectivity index (χ0) is 13.9. The molecule has 2 unspecified atom stereocenters. The predicted molar refractivity (Wildman–Crippen MR) is 81.5 cm³/mol. The van der Waals surface area contributed by atoms with Crippen LogP contribution in [0.15, 0.2) is 11.4 Å². The molecule has 1 aromatic heterocycles. The lowest BCUT2D eigenvalue weighted by atomic mass is 9.95. The van der Waals surface area contributed by atoms with Gasteiger partial charge in [0.1, 0.15) is 0 Å². The van der Waals surface area contributed by atoms with Crippen LogP contribution < -0.4 is 5.32 Å². The van der Waals surface area contributed by atoms with Crippen molar-refractivity contribution in [2.45, 2.75) is 39.2 Å². The number of hydrogen-bond donors (Lipinski definition) is 1. The minimum Gasteiger partial charge on any atom is -0.310 e. The Labute approximate surface area is 120 Å². The first-order valence-corrected chi connectivity index (χ1v) is 9.69. The van der Waals surface area contributed by atoms with E-state index < -0.39 is 9.84 Å². The molecule has 1 aliphatic heterocycles. The second-order valence-corrected chi connectivity index (χ2v) is 8.85. The third-order valence-corrected chi connectivity index (χ3v) is 6.41. The normalized spacial score (nSPS) is 23.6. The molecule has 1 saturated heterocycles. The van der Waals surface area contributed by atoms with Crippen molar-refractivity contribution in [1.82, 2.24) is 5.32 Å². The molecule has 0 aromatic carbocycles. The quantitative estimate of drug-likeness (QED) is 0.879. The van der Waals surface area contributed by atoms with Crippen molar-refractivity contribution in [2.75, 3.05) is 18.1 Å². The summed E-state index contributed by atoms with van der Waals surface area (Å²) >= 11 is 1.77.